The number of hydrogen-bond donors (Lipinski definition) is 0. The molecule has 0 aliphatic carbocycles. The zero-order valence-corrected chi connectivity index (χ0v) is 8.69. The monoisotopic (exact) mass is 209 g/mol. The molecule has 0 saturated carbocycles. The fourth-order valence-electron chi connectivity index (χ4n) is 1.19. The molecule has 0 radical (unpaired) electrons. The largest absolute Gasteiger partial charge is 0.225 e. The summed E-state index contributed by atoms with van der Waals surface area (Å²) in [5.41, 5.74) is 3.32. The van der Waals surface area contributed by atoms with Crippen molar-refractivity contribution in [3.63, 3.8) is 0 Å². The molecular weight excluding hydrogens is 202 g/mol. The molecular formula is C10H8ClNS. The maximum atomic E-state index is 5.76. The number of benzene rings is 1. The Morgan fingerprint density at radius 3 is 2.85 bits per heavy atom. The van der Waals surface area contributed by atoms with Gasteiger partial charge in [0.25, 0.3) is 0 Å². The Morgan fingerprint density at radius 2 is 2.23 bits per heavy atom. The Bertz CT molecular complexity index is 422. The molecule has 0 N–H and O–H groups in total. The van der Waals surface area contributed by atoms with Crippen LogP contribution in [0.2, 0.25) is 4.47 Å². The van der Waals surface area contributed by atoms with E-state index in [2.05, 4.69) is 24.0 Å². The van der Waals surface area contributed by atoms with Gasteiger partial charge in [0.2, 0.25) is 0 Å². The predicted molar refractivity (Wildman–Crippen MR) is 57.3 cm³/mol. The molecule has 0 bridgehead atoms. The molecule has 2 rings (SSSR count). The maximum Gasteiger partial charge on any atom is 0.184 e. The number of aromatic nitrogens is 1. The van der Waals surface area contributed by atoms with E-state index < -0.39 is 0 Å². The van der Waals surface area contributed by atoms with E-state index in [9.17, 15) is 0 Å². The topological polar surface area (TPSA) is 12.9 Å². The Hall–Kier alpha value is -0.860. The van der Waals surface area contributed by atoms with Gasteiger partial charge in [-0.1, -0.05) is 35.4 Å². The summed E-state index contributed by atoms with van der Waals surface area (Å²) in [6.45, 7) is 2.07. The Labute approximate surface area is 86.0 Å². The van der Waals surface area contributed by atoms with E-state index >= 15 is 0 Å². The lowest BCUT2D eigenvalue weighted by Gasteiger charge is -1.96. The molecule has 0 fully saturated rings. The predicted octanol–water partition coefficient (Wildman–Crippen LogP) is 3.77. The molecule has 13 heavy (non-hydrogen) atoms. The molecule has 66 valence electrons. The van der Waals surface area contributed by atoms with Crippen LogP contribution >= 0.6 is 22.9 Å². The number of nitrogens with zero attached hydrogens (tertiary/aromatic N) is 1. The average Bonchev–Trinajstić information content (AvgIpc) is 2.52. The maximum absolute atomic E-state index is 5.76. The number of hydrogen-bond acceptors (Lipinski definition) is 2. The van der Waals surface area contributed by atoms with Gasteiger partial charge in [-0.2, -0.15) is 0 Å². The van der Waals surface area contributed by atoms with Crippen molar-refractivity contribution in [3.8, 4) is 11.3 Å². The third-order valence-electron chi connectivity index (χ3n) is 1.79. The second kappa shape index (κ2) is 3.48. The molecule has 1 aromatic carbocycles. The van der Waals surface area contributed by atoms with Crippen LogP contribution in [0.4, 0.5) is 0 Å². The van der Waals surface area contributed by atoms with Crippen LogP contribution in [0.5, 0.6) is 0 Å². The zero-order chi connectivity index (χ0) is 9.26. The van der Waals surface area contributed by atoms with E-state index in [4.69, 9.17) is 11.6 Å². The van der Waals surface area contributed by atoms with Gasteiger partial charge in [0.1, 0.15) is 0 Å². The van der Waals surface area contributed by atoms with Gasteiger partial charge in [-0.25, -0.2) is 4.98 Å². The van der Waals surface area contributed by atoms with Crippen LogP contribution in [-0.2, 0) is 0 Å². The van der Waals surface area contributed by atoms with Crippen molar-refractivity contribution in [2.75, 3.05) is 0 Å². The van der Waals surface area contributed by atoms with Gasteiger partial charge in [0.15, 0.2) is 4.47 Å². The summed E-state index contributed by atoms with van der Waals surface area (Å²) in [5.74, 6) is 0. The van der Waals surface area contributed by atoms with Crippen molar-refractivity contribution in [1.82, 2.24) is 4.98 Å². The van der Waals surface area contributed by atoms with E-state index in [1.54, 1.807) is 0 Å². The van der Waals surface area contributed by atoms with Gasteiger partial charge < -0.3 is 0 Å². The lowest BCUT2D eigenvalue weighted by atomic mass is 10.1. The van der Waals surface area contributed by atoms with Crippen molar-refractivity contribution >= 4 is 22.9 Å². The molecule has 0 aliphatic heterocycles. The number of rotatable bonds is 1. The van der Waals surface area contributed by atoms with Crippen LogP contribution in [-0.4, -0.2) is 4.98 Å². The molecule has 1 heterocycles. The molecule has 0 aliphatic rings. The third kappa shape index (κ3) is 1.90. The van der Waals surface area contributed by atoms with Crippen LogP contribution in [0.1, 0.15) is 5.56 Å². The van der Waals surface area contributed by atoms with Gasteiger partial charge in [-0.05, 0) is 13.0 Å². The van der Waals surface area contributed by atoms with E-state index in [1.165, 1.54) is 16.9 Å². The Kier molecular flexibility index (Phi) is 2.34. The lowest BCUT2D eigenvalue weighted by Crippen LogP contribution is -1.78. The van der Waals surface area contributed by atoms with Gasteiger partial charge in [0, 0.05) is 10.9 Å². The zero-order valence-electron chi connectivity index (χ0n) is 7.12. The lowest BCUT2D eigenvalue weighted by molar-refractivity contribution is 1.39. The first-order chi connectivity index (χ1) is 6.25. The number of aryl methyl sites for hydroxylation is 1. The second-order valence-corrected chi connectivity index (χ2v) is 4.30. The fourth-order valence-corrected chi connectivity index (χ4v) is 1.96. The first-order valence-electron chi connectivity index (χ1n) is 3.94. The SMILES string of the molecule is Cc1cccc(-c2csc(Cl)n2)c1. The smallest absolute Gasteiger partial charge is 0.184 e. The molecule has 0 atom stereocenters. The summed E-state index contributed by atoms with van der Waals surface area (Å²) >= 11 is 7.22. The minimum absolute atomic E-state index is 0.594. The first kappa shape index (κ1) is 8.73. The summed E-state index contributed by atoms with van der Waals surface area (Å²) in [6, 6.07) is 8.24. The molecule has 3 heteroatoms. The molecule has 0 unspecified atom stereocenters. The van der Waals surface area contributed by atoms with Crippen LogP contribution < -0.4 is 0 Å². The van der Waals surface area contributed by atoms with E-state index in [0.29, 0.717) is 4.47 Å². The van der Waals surface area contributed by atoms with E-state index in [-0.39, 0.29) is 0 Å². The second-order valence-electron chi connectivity index (χ2n) is 2.86. The van der Waals surface area contributed by atoms with Gasteiger partial charge >= 0.3 is 0 Å². The van der Waals surface area contributed by atoms with E-state index in [1.807, 2.05) is 17.5 Å². The van der Waals surface area contributed by atoms with Gasteiger partial charge in [0.05, 0.1) is 5.69 Å². The van der Waals surface area contributed by atoms with Crippen LogP contribution in [0.15, 0.2) is 29.6 Å². The minimum atomic E-state index is 0.594. The van der Waals surface area contributed by atoms with Gasteiger partial charge in [-0.15, -0.1) is 11.3 Å². The quantitative estimate of drug-likeness (QED) is 0.697. The Morgan fingerprint density at radius 1 is 1.38 bits per heavy atom. The van der Waals surface area contributed by atoms with Crippen LogP contribution in [0, 0.1) is 6.92 Å². The summed E-state index contributed by atoms with van der Waals surface area (Å²) < 4.78 is 0.594. The minimum Gasteiger partial charge on any atom is -0.225 e. The molecule has 0 saturated heterocycles. The van der Waals surface area contributed by atoms with Crippen molar-refractivity contribution in [1.29, 1.82) is 0 Å². The highest BCUT2D eigenvalue weighted by Gasteiger charge is 2.01. The normalized spacial score (nSPS) is 10.3. The summed E-state index contributed by atoms with van der Waals surface area (Å²) in [7, 11) is 0. The standard InChI is InChI=1S/C10H8ClNS/c1-7-3-2-4-8(5-7)9-6-13-10(11)12-9/h2-6H,1H3. The van der Waals surface area contributed by atoms with E-state index in [0.717, 1.165) is 11.3 Å². The summed E-state index contributed by atoms with van der Waals surface area (Å²) in [5, 5.41) is 1.97. The van der Waals surface area contributed by atoms with Crippen molar-refractivity contribution < 1.29 is 0 Å². The average molecular weight is 210 g/mol. The highest BCUT2D eigenvalue weighted by atomic mass is 35.5. The molecule has 1 aromatic heterocycles. The summed E-state index contributed by atoms with van der Waals surface area (Å²) in [6.07, 6.45) is 0. The number of halogens is 1. The van der Waals surface area contributed by atoms with Crippen molar-refractivity contribution in [2.45, 2.75) is 6.92 Å². The molecule has 0 spiro atoms. The highest BCUT2D eigenvalue weighted by molar-refractivity contribution is 7.14. The van der Waals surface area contributed by atoms with Gasteiger partial charge in [-0.3, -0.25) is 0 Å². The first-order valence-corrected chi connectivity index (χ1v) is 5.19. The van der Waals surface area contributed by atoms with Crippen molar-refractivity contribution in [3.05, 3.63) is 39.7 Å². The highest BCUT2D eigenvalue weighted by Crippen LogP contribution is 2.24. The van der Waals surface area contributed by atoms with Crippen LogP contribution in [0.25, 0.3) is 11.3 Å². The summed E-state index contributed by atoms with van der Waals surface area (Å²) in [4.78, 5) is 4.21. The molecule has 1 nitrogen and oxygen atoms in total. The molecule has 0 amide bonds. The van der Waals surface area contributed by atoms with Crippen LogP contribution in [0.3, 0.4) is 0 Å². The fraction of sp³-hybridized carbons (Fsp3) is 0.100. The third-order valence-corrected chi connectivity index (χ3v) is 2.77. The Balaban J connectivity index is 2.46. The van der Waals surface area contributed by atoms with Crippen molar-refractivity contribution in [2.24, 2.45) is 0 Å². The number of thiazole rings is 1. The molecule has 2 aromatic rings.